The van der Waals surface area contributed by atoms with E-state index in [0.717, 1.165) is 10.0 Å². The standard InChI is InChI=1S/C10H9BrClNO/c1-10(2,13-6-14)7-3-4-9(12)8(11)5-7/h3-5H,1-2H3. The molecule has 0 spiro atoms. The summed E-state index contributed by atoms with van der Waals surface area (Å²) in [5.41, 5.74) is 0.353. The topological polar surface area (TPSA) is 29.4 Å². The molecule has 0 aliphatic rings. The van der Waals surface area contributed by atoms with Crippen LogP contribution in [0.1, 0.15) is 19.4 Å². The van der Waals surface area contributed by atoms with Crippen LogP contribution in [0.5, 0.6) is 0 Å². The molecule has 0 unspecified atom stereocenters. The van der Waals surface area contributed by atoms with Gasteiger partial charge in [0.15, 0.2) is 0 Å². The van der Waals surface area contributed by atoms with Crippen molar-refractivity contribution in [2.45, 2.75) is 19.4 Å². The van der Waals surface area contributed by atoms with Crippen LogP contribution >= 0.6 is 27.5 Å². The largest absolute Gasteiger partial charge is 0.235 e. The molecule has 74 valence electrons. The molecule has 2 nitrogen and oxygen atoms in total. The van der Waals surface area contributed by atoms with Crippen LogP contribution in [-0.2, 0) is 10.3 Å². The molecular weight excluding hydrogens is 265 g/mol. The second kappa shape index (κ2) is 4.26. The van der Waals surface area contributed by atoms with Gasteiger partial charge in [-0.2, -0.15) is 4.99 Å². The third kappa shape index (κ3) is 2.44. The average Bonchev–Trinajstić information content (AvgIpc) is 2.09. The van der Waals surface area contributed by atoms with Crippen molar-refractivity contribution in [1.29, 1.82) is 0 Å². The number of hydrogen-bond donors (Lipinski definition) is 0. The average molecular weight is 275 g/mol. The molecular formula is C10H9BrClNO. The van der Waals surface area contributed by atoms with E-state index in [9.17, 15) is 4.79 Å². The number of isocyanates is 1. The van der Waals surface area contributed by atoms with Gasteiger partial charge < -0.3 is 0 Å². The Morgan fingerprint density at radius 1 is 1.50 bits per heavy atom. The van der Waals surface area contributed by atoms with Crippen molar-refractivity contribution in [2.24, 2.45) is 4.99 Å². The van der Waals surface area contributed by atoms with Crippen molar-refractivity contribution in [3.8, 4) is 0 Å². The van der Waals surface area contributed by atoms with Crippen LogP contribution < -0.4 is 0 Å². The molecule has 0 saturated carbocycles. The summed E-state index contributed by atoms with van der Waals surface area (Å²) in [6.07, 6.45) is 1.57. The zero-order valence-electron chi connectivity index (χ0n) is 7.84. The van der Waals surface area contributed by atoms with Crippen LogP contribution in [0.2, 0.25) is 5.02 Å². The maximum absolute atomic E-state index is 10.2. The number of rotatable bonds is 2. The van der Waals surface area contributed by atoms with Crippen molar-refractivity contribution in [1.82, 2.24) is 0 Å². The highest BCUT2D eigenvalue weighted by Crippen LogP contribution is 2.30. The lowest BCUT2D eigenvalue weighted by atomic mass is 9.95. The van der Waals surface area contributed by atoms with E-state index >= 15 is 0 Å². The molecule has 0 bridgehead atoms. The Labute approximate surface area is 96.1 Å². The normalized spacial score (nSPS) is 10.9. The summed E-state index contributed by atoms with van der Waals surface area (Å²) in [6, 6.07) is 5.46. The highest BCUT2D eigenvalue weighted by molar-refractivity contribution is 9.10. The Morgan fingerprint density at radius 2 is 2.14 bits per heavy atom. The highest BCUT2D eigenvalue weighted by atomic mass is 79.9. The van der Waals surface area contributed by atoms with E-state index in [-0.39, 0.29) is 0 Å². The second-order valence-electron chi connectivity index (χ2n) is 3.39. The van der Waals surface area contributed by atoms with Crippen molar-refractivity contribution in [3.05, 3.63) is 33.3 Å². The van der Waals surface area contributed by atoms with E-state index in [1.165, 1.54) is 0 Å². The molecule has 4 heteroatoms. The fraction of sp³-hybridized carbons (Fsp3) is 0.300. The monoisotopic (exact) mass is 273 g/mol. The molecule has 0 aliphatic carbocycles. The van der Waals surface area contributed by atoms with Crippen LogP contribution in [0.25, 0.3) is 0 Å². The van der Waals surface area contributed by atoms with Gasteiger partial charge in [-0.05, 0) is 47.5 Å². The number of benzene rings is 1. The van der Waals surface area contributed by atoms with Crippen LogP contribution in [0.15, 0.2) is 27.7 Å². The van der Waals surface area contributed by atoms with Gasteiger partial charge in [-0.15, -0.1) is 0 Å². The van der Waals surface area contributed by atoms with E-state index in [1.54, 1.807) is 12.1 Å². The summed E-state index contributed by atoms with van der Waals surface area (Å²) in [7, 11) is 0. The molecule has 0 aromatic heterocycles. The molecule has 0 N–H and O–H groups in total. The molecule has 1 aromatic rings. The van der Waals surface area contributed by atoms with Gasteiger partial charge in [0.25, 0.3) is 0 Å². The van der Waals surface area contributed by atoms with E-state index in [2.05, 4.69) is 20.9 Å². The molecule has 14 heavy (non-hydrogen) atoms. The van der Waals surface area contributed by atoms with E-state index in [4.69, 9.17) is 11.6 Å². The first-order valence-electron chi connectivity index (χ1n) is 4.02. The lowest BCUT2D eigenvalue weighted by molar-refractivity contribution is 0.522. The minimum Gasteiger partial charge on any atom is -0.211 e. The Kier molecular flexibility index (Phi) is 3.48. The van der Waals surface area contributed by atoms with Gasteiger partial charge in [-0.25, -0.2) is 4.79 Å². The molecule has 0 heterocycles. The summed E-state index contributed by atoms with van der Waals surface area (Å²) in [5.74, 6) is 0. The van der Waals surface area contributed by atoms with Gasteiger partial charge in [0, 0.05) is 4.47 Å². The molecule has 0 saturated heterocycles. The van der Waals surface area contributed by atoms with E-state index < -0.39 is 5.54 Å². The van der Waals surface area contributed by atoms with Crippen molar-refractivity contribution in [2.75, 3.05) is 0 Å². The van der Waals surface area contributed by atoms with Gasteiger partial charge in [0.1, 0.15) is 0 Å². The van der Waals surface area contributed by atoms with Gasteiger partial charge in [-0.1, -0.05) is 17.7 Å². The first kappa shape index (κ1) is 11.4. The lowest BCUT2D eigenvalue weighted by Crippen LogP contribution is -2.13. The third-order valence-electron chi connectivity index (χ3n) is 1.95. The molecule has 0 atom stereocenters. The zero-order chi connectivity index (χ0) is 10.8. The first-order chi connectivity index (χ1) is 6.47. The fourth-order valence-electron chi connectivity index (χ4n) is 1.06. The Morgan fingerprint density at radius 3 is 2.64 bits per heavy atom. The quantitative estimate of drug-likeness (QED) is 0.597. The van der Waals surface area contributed by atoms with Crippen molar-refractivity contribution >= 4 is 33.6 Å². The van der Waals surface area contributed by atoms with Crippen LogP contribution in [0.3, 0.4) is 0 Å². The third-order valence-corrected chi connectivity index (χ3v) is 3.17. The zero-order valence-corrected chi connectivity index (χ0v) is 10.2. The minimum absolute atomic E-state index is 0.561. The molecule has 0 radical (unpaired) electrons. The molecule has 0 amide bonds. The Hall–Kier alpha value is -0.630. The van der Waals surface area contributed by atoms with Gasteiger partial charge in [-0.3, -0.25) is 0 Å². The lowest BCUT2D eigenvalue weighted by Gasteiger charge is -2.18. The molecule has 1 aromatic carbocycles. The van der Waals surface area contributed by atoms with Gasteiger partial charge in [0.2, 0.25) is 6.08 Å². The molecule has 1 rings (SSSR count). The van der Waals surface area contributed by atoms with Gasteiger partial charge >= 0.3 is 0 Å². The smallest absolute Gasteiger partial charge is 0.211 e. The van der Waals surface area contributed by atoms with Crippen LogP contribution in [0, 0.1) is 0 Å². The highest BCUT2D eigenvalue weighted by Gasteiger charge is 2.19. The van der Waals surface area contributed by atoms with E-state index in [0.29, 0.717) is 5.02 Å². The van der Waals surface area contributed by atoms with Crippen molar-refractivity contribution < 1.29 is 4.79 Å². The maximum atomic E-state index is 10.2. The maximum Gasteiger partial charge on any atom is 0.235 e. The summed E-state index contributed by atoms with van der Waals surface area (Å²) < 4.78 is 0.797. The summed E-state index contributed by atoms with van der Waals surface area (Å²) in [4.78, 5) is 13.9. The van der Waals surface area contributed by atoms with Gasteiger partial charge in [0.05, 0.1) is 10.6 Å². The Balaban J connectivity index is 3.20. The summed E-state index contributed by atoms with van der Waals surface area (Å²) >= 11 is 9.17. The van der Waals surface area contributed by atoms with Crippen molar-refractivity contribution in [3.63, 3.8) is 0 Å². The number of nitrogens with zero attached hydrogens (tertiary/aromatic N) is 1. The number of aliphatic imine (C=N–C) groups is 1. The van der Waals surface area contributed by atoms with E-state index in [1.807, 2.05) is 26.0 Å². The second-order valence-corrected chi connectivity index (χ2v) is 4.65. The Bertz CT molecular complexity index is 397. The number of hydrogen-bond acceptors (Lipinski definition) is 2. The molecule has 0 aliphatic heterocycles. The SMILES string of the molecule is CC(C)(N=C=O)c1ccc(Cl)c(Br)c1. The predicted octanol–water partition coefficient (Wildman–Crippen LogP) is 3.67. The summed E-state index contributed by atoms with van der Waals surface area (Å²) in [5, 5.41) is 0.639. The minimum atomic E-state index is -0.561. The summed E-state index contributed by atoms with van der Waals surface area (Å²) in [6.45, 7) is 3.68. The first-order valence-corrected chi connectivity index (χ1v) is 5.19. The predicted molar refractivity (Wildman–Crippen MR) is 60.3 cm³/mol. The fourth-order valence-corrected chi connectivity index (χ4v) is 1.55. The molecule has 0 fully saturated rings. The number of halogens is 2. The van der Waals surface area contributed by atoms with Crippen LogP contribution in [0.4, 0.5) is 0 Å². The number of carbonyl (C=O) groups excluding carboxylic acids is 1. The van der Waals surface area contributed by atoms with Crippen LogP contribution in [-0.4, -0.2) is 6.08 Å².